The minimum Gasteiger partial charge on any atom is -0.477 e. The Bertz CT molecular complexity index is 311. The van der Waals surface area contributed by atoms with Gasteiger partial charge in [-0.3, -0.25) is 0 Å². The van der Waals surface area contributed by atoms with Crippen LogP contribution in [-0.4, -0.2) is 30.2 Å². The lowest BCUT2D eigenvalue weighted by Crippen LogP contribution is -2.07. The predicted octanol–water partition coefficient (Wildman–Crippen LogP) is 1.64. The number of thiazole rings is 1. The van der Waals surface area contributed by atoms with Crippen LogP contribution < -0.4 is 4.90 Å². The Hall–Kier alpha value is -0.810. The van der Waals surface area contributed by atoms with Gasteiger partial charge in [-0.2, -0.15) is 0 Å². The number of hydrogen-bond acceptors (Lipinski definition) is 4. The maximum Gasteiger partial charge on any atom is 0.347 e. The second kappa shape index (κ2) is 4.43. The molecule has 0 bridgehead atoms. The first-order valence-electron chi connectivity index (χ1n) is 3.40. The molecule has 0 fully saturated rings. The second-order valence-corrected chi connectivity index (χ2v) is 3.59. The summed E-state index contributed by atoms with van der Waals surface area (Å²) in [7, 11) is 3.67. The molecule has 1 heterocycles. The molecule has 13 heavy (non-hydrogen) atoms. The topological polar surface area (TPSA) is 53.4 Å². The normalized spacial score (nSPS) is 9.15. The molecule has 0 aliphatic carbocycles. The number of carboxylic acid groups (broad SMARTS) is 1. The lowest BCUT2D eigenvalue weighted by atomic mass is 10.4. The van der Waals surface area contributed by atoms with Crippen LogP contribution in [0.4, 0.5) is 5.13 Å². The summed E-state index contributed by atoms with van der Waals surface area (Å²) in [5.41, 5.74) is 0.580. The fourth-order valence-corrected chi connectivity index (χ4v) is 1.60. The van der Waals surface area contributed by atoms with Crippen LogP contribution in [0.3, 0.4) is 0 Å². The van der Waals surface area contributed by atoms with Gasteiger partial charge in [-0.15, -0.1) is 12.4 Å². The fourth-order valence-electron chi connectivity index (χ4n) is 0.772. The molecule has 0 saturated carbocycles. The molecule has 0 aliphatic heterocycles. The Morgan fingerprint density at radius 1 is 1.54 bits per heavy atom. The number of anilines is 1. The van der Waals surface area contributed by atoms with Crippen LogP contribution in [0.5, 0.6) is 0 Å². The molecular formula is C7H11ClN2O2S. The van der Waals surface area contributed by atoms with Gasteiger partial charge in [0, 0.05) is 14.1 Å². The highest BCUT2D eigenvalue weighted by Gasteiger charge is 2.14. The molecule has 0 atom stereocenters. The quantitative estimate of drug-likeness (QED) is 0.827. The van der Waals surface area contributed by atoms with E-state index in [-0.39, 0.29) is 12.4 Å². The lowest BCUT2D eigenvalue weighted by molar-refractivity contribution is 0.0701. The van der Waals surface area contributed by atoms with E-state index >= 15 is 0 Å². The van der Waals surface area contributed by atoms with Gasteiger partial charge < -0.3 is 10.0 Å². The Labute approximate surface area is 86.6 Å². The summed E-state index contributed by atoms with van der Waals surface area (Å²) >= 11 is 1.19. The minimum atomic E-state index is -0.905. The van der Waals surface area contributed by atoms with Crippen LogP contribution in [0.15, 0.2) is 0 Å². The monoisotopic (exact) mass is 222 g/mol. The van der Waals surface area contributed by atoms with Crippen LogP contribution in [0, 0.1) is 6.92 Å². The van der Waals surface area contributed by atoms with Crippen LogP contribution in [-0.2, 0) is 0 Å². The van der Waals surface area contributed by atoms with Gasteiger partial charge in [0.15, 0.2) is 5.13 Å². The van der Waals surface area contributed by atoms with E-state index in [4.69, 9.17) is 5.11 Å². The zero-order valence-electron chi connectivity index (χ0n) is 7.57. The van der Waals surface area contributed by atoms with Crippen LogP contribution in [0.1, 0.15) is 15.4 Å². The molecule has 1 aromatic rings. The van der Waals surface area contributed by atoms with Gasteiger partial charge in [0.25, 0.3) is 0 Å². The van der Waals surface area contributed by atoms with Crippen LogP contribution >= 0.6 is 23.7 Å². The third-order valence-corrected chi connectivity index (χ3v) is 2.68. The summed E-state index contributed by atoms with van der Waals surface area (Å²) in [6.07, 6.45) is 0. The molecule has 1 rings (SSSR count). The van der Waals surface area contributed by atoms with E-state index in [1.54, 1.807) is 11.8 Å². The maximum absolute atomic E-state index is 10.6. The molecule has 0 unspecified atom stereocenters. The van der Waals surface area contributed by atoms with Crippen molar-refractivity contribution in [3.8, 4) is 0 Å². The first-order valence-corrected chi connectivity index (χ1v) is 4.22. The van der Waals surface area contributed by atoms with E-state index < -0.39 is 5.97 Å². The van der Waals surface area contributed by atoms with Crippen molar-refractivity contribution in [2.24, 2.45) is 0 Å². The zero-order chi connectivity index (χ0) is 9.30. The van der Waals surface area contributed by atoms with Gasteiger partial charge in [0.05, 0.1) is 5.69 Å². The fraction of sp³-hybridized carbons (Fsp3) is 0.429. The molecule has 0 aliphatic rings. The number of aromatic nitrogens is 1. The molecule has 1 aromatic heterocycles. The second-order valence-electron chi connectivity index (χ2n) is 2.61. The summed E-state index contributed by atoms with van der Waals surface area (Å²) in [5.74, 6) is -0.905. The van der Waals surface area contributed by atoms with E-state index in [0.717, 1.165) is 5.13 Å². The third kappa shape index (κ3) is 2.57. The molecule has 0 amide bonds. The zero-order valence-corrected chi connectivity index (χ0v) is 9.20. The van der Waals surface area contributed by atoms with Crippen molar-refractivity contribution in [3.63, 3.8) is 0 Å². The Balaban J connectivity index is 0.00000144. The number of carboxylic acids is 1. The van der Waals surface area contributed by atoms with Gasteiger partial charge in [0.1, 0.15) is 4.88 Å². The van der Waals surface area contributed by atoms with Crippen LogP contribution in [0.2, 0.25) is 0 Å². The third-order valence-electron chi connectivity index (χ3n) is 1.36. The molecule has 0 spiro atoms. The van der Waals surface area contributed by atoms with E-state index in [0.29, 0.717) is 10.6 Å². The molecule has 1 N–H and O–H groups in total. The minimum absolute atomic E-state index is 0. The number of aromatic carboxylic acids is 1. The first kappa shape index (κ1) is 12.2. The number of carbonyl (C=O) groups is 1. The molecule has 0 saturated heterocycles. The van der Waals surface area contributed by atoms with Gasteiger partial charge in [-0.05, 0) is 6.92 Å². The molecule has 6 heteroatoms. The Morgan fingerprint density at radius 3 is 2.31 bits per heavy atom. The Morgan fingerprint density at radius 2 is 2.08 bits per heavy atom. The number of nitrogens with zero attached hydrogens (tertiary/aromatic N) is 2. The summed E-state index contributed by atoms with van der Waals surface area (Å²) in [6.45, 7) is 1.70. The largest absolute Gasteiger partial charge is 0.477 e. The molecule has 74 valence electrons. The molecular weight excluding hydrogens is 212 g/mol. The smallest absolute Gasteiger partial charge is 0.347 e. The van der Waals surface area contributed by atoms with Crippen molar-refractivity contribution in [2.45, 2.75) is 6.92 Å². The summed E-state index contributed by atoms with van der Waals surface area (Å²) in [6, 6.07) is 0. The number of halogens is 1. The lowest BCUT2D eigenvalue weighted by Gasteiger charge is -2.04. The van der Waals surface area contributed by atoms with Crippen molar-refractivity contribution in [3.05, 3.63) is 10.6 Å². The van der Waals surface area contributed by atoms with E-state index in [9.17, 15) is 4.79 Å². The highest BCUT2D eigenvalue weighted by atomic mass is 35.5. The molecule has 0 aromatic carbocycles. The van der Waals surface area contributed by atoms with Crippen molar-refractivity contribution >= 4 is 34.8 Å². The standard InChI is InChI=1S/C7H10N2O2S.ClH/c1-4-5(6(10)11)12-7(8-4)9(2)3;/h1-3H3,(H,10,11);1H. The molecule has 4 nitrogen and oxygen atoms in total. The predicted molar refractivity (Wildman–Crippen MR) is 55.4 cm³/mol. The van der Waals surface area contributed by atoms with E-state index in [1.165, 1.54) is 11.3 Å². The maximum atomic E-state index is 10.6. The van der Waals surface area contributed by atoms with E-state index in [1.807, 2.05) is 14.1 Å². The average Bonchev–Trinajstić information content (AvgIpc) is 2.30. The van der Waals surface area contributed by atoms with Crippen molar-refractivity contribution in [1.82, 2.24) is 4.98 Å². The van der Waals surface area contributed by atoms with E-state index in [2.05, 4.69) is 4.98 Å². The summed E-state index contributed by atoms with van der Waals surface area (Å²) in [4.78, 5) is 16.8. The highest BCUT2D eigenvalue weighted by molar-refractivity contribution is 7.17. The summed E-state index contributed by atoms with van der Waals surface area (Å²) in [5, 5.41) is 9.44. The van der Waals surface area contributed by atoms with Gasteiger partial charge in [0.2, 0.25) is 0 Å². The average molecular weight is 223 g/mol. The van der Waals surface area contributed by atoms with Crippen molar-refractivity contribution < 1.29 is 9.90 Å². The SMILES string of the molecule is Cc1nc(N(C)C)sc1C(=O)O.Cl. The number of rotatable bonds is 2. The number of hydrogen-bond donors (Lipinski definition) is 1. The van der Waals surface area contributed by atoms with Gasteiger partial charge in [-0.25, -0.2) is 9.78 Å². The molecule has 0 radical (unpaired) electrons. The Kier molecular flexibility index (Phi) is 4.16. The highest BCUT2D eigenvalue weighted by Crippen LogP contribution is 2.23. The van der Waals surface area contributed by atoms with Gasteiger partial charge >= 0.3 is 5.97 Å². The van der Waals surface area contributed by atoms with Crippen LogP contribution in [0.25, 0.3) is 0 Å². The van der Waals surface area contributed by atoms with Crippen molar-refractivity contribution in [1.29, 1.82) is 0 Å². The van der Waals surface area contributed by atoms with Crippen molar-refractivity contribution in [2.75, 3.05) is 19.0 Å². The van der Waals surface area contributed by atoms with Gasteiger partial charge in [-0.1, -0.05) is 11.3 Å². The first-order chi connectivity index (χ1) is 5.52. The number of aryl methyl sites for hydroxylation is 1. The summed E-state index contributed by atoms with van der Waals surface area (Å²) < 4.78 is 0.